The predicted molar refractivity (Wildman–Crippen MR) is 68.8 cm³/mol. The quantitative estimate of drug-likeness (QED) is 0.919. The van der Waals surface area contributed by atoms with Crippen LogP contribution in [0.2, 0.25) is 0 Å². The van der Waals surface area contributed by atoms with E-state index in [1.807, 2.05) is 10.8 Å². The molecule has 1 saturated carbocycles. The third-order valence-corrected chi connectivity index (χ3v) is 3.43. The molecule has 1 aliphatic carbocycles. The van der Waals surface area contributed by atoms with E-state index < -0.39 is 11.7 Å². The first-order valence-electron chi connectivity index (χ1n) is 6.20. The molecule has 1 aromatic heterocycles. The number of nitrogens with zero attached hydrogens (tertiary/aromatic N) is 2. The summed E-state index contributed by atoms with van der Waals surface area (Å²) in [5.41, 5.74) is 7.59. The Kier molecular flexibility index (Phi) is 2.62. The number of hydrogen-bond acceptors (Lipinski definition) is 2. The van der Waals surface area contributed by atoms with Crippen molar-refractivity contribution in [2.45, 2.75) is 25.7 Å². The molecular weight excluding hydrogens is 245 g/mol. The van der Waals surface area contributed by atoms with Crippen molar-refractivity contribution >= 4 is 5.91 Å². The number of hydrogen-bond donors (Lipinski definition) is 1. The summed E-state index contributed by atoms with van der Waals surface area (Å²) in [7, 11) is 0. The molecule has 1 fully saturated rings. The lowest BCUT2D eigenvalue weighted by atomic mass is 10.1. The van der Waals surface area contributed by atoms with Gasteiger partial charge < -0.3 is 10.3 Å². The summed E-state index contributed by atoms with van der Waals surface area (Å²) in [6, 6.07) is 2.80. The van der Waals surface area contributed by atoms with Crippen molar-refractivity contribution in [1.29, 1.82) is 0 Å². The van der Waals surface area contributed by atoms with Gasteiger partial charge in [0.05, 0.1) is 23.3 Å². The first kappa shape index (κ1) is 11.9. The fourth-order valence-electron chi connectivity index (χ4n) is 2.19. The van der Waals surface area contributed by atoms with Crippen LogP contribution in [-0.2, 0) is 0 Å². The van der Waals surface area contributed by atoms with Crippen LogP contribution in [0.3, 0.4) is 0 Å². The molecule has 3 rings (SSSR count). The van der Waals surface area contributed by atoms with Gasteiger partial charge in [-0.05, 0) is 37.5 Å². The SMILES string of the molecule is Cc1cc(F)c(C(N)=O)cc1-n1cnc(C2CC2)c1. The fourth-order valence-corrected chi connectivity index (χ4v) is 2.19. The highest BCUT2D eigenvalue weighted by Crippen LogP contribution is 2.39. The molecule has 1 amide bonds. The van der Waals surface area contributed by atoms with Crippen molar-refractivity contribution in [2.75, 3.05) is 0 Å². The van der Waals surface area contributed by atoms with Crippen molar-refractivity contribution in [1.82, 2.24) is 9.55 Å². The molecule has 0 unspecified atom stereocenters. The second-order valence-electron chi connectivity index (χ2n) is 4.96. The van der Waals surface area contributed by atoms with Crippen LogP contribution in [0.1, 0.15) is 40.4 Å². The number of aromatic nitrogens is 2. The molecular formula is C14H14FN3O. The number of rotatable bonds is 3. The Hall–Kier alpha value is -2.17. The van der Waals surface area contributed by atoms with Crippen LogP contribution < -0.4 is 5.73 Å². The van der Waals surface area contributed by atoms with Crippen LogP contribution in [0.5, 0.6) is 0 Å². The summed E-state index contributed by atoms with van der Waals surface area (Å²) in [5, 5.41) is 0. The molecule has 0 saturated heterocycles. The van der Waals surface area contributed by atoms with Gasteiger partial charge in [0, 0.05) is 12.1 Å². The highest BCUT2D eigenvalue weighted by molar-refractivity contribution is 5.93. The van der Waals surface area contributed by atoms with Gasteiger partial charge in [-0.3, -0.25) is 4.79 Å². The highest BCUT2D eigenvalue weighted by Gasteiger charge is 2.26. The Balaban J connectivity index is 2.07. The number of carbonyl (C=O) groups is 1. The second kappa shape index (κ2) is 4.19. The fraction of sp³-hybridized carbons (Fsp3) is 0.286. The summed E-state index contributed by atoms with van der Waals surface area (Å²) < 4.78 is 15.4. The van der Waals surface area contributed by atoms with Crippen molar-refractivity contribution in [3.63, 3.8) is 0 Å². The van der Waals surface area contributed by atoms with Crippen LogP contribution in [-0.4, -0.2) is 15.5 Å². The van der Waals surface area contributed by atoms with Gasteiger partial charge in [0.15, 0.2) is 0 Å². The number of benzene rings is 1. The van der Waals surface area contributed by atoms with Crippen LogP contribution in [0.25, 0.3) is 5.69 Å². The van der Waals surface area contributed by atoms with E-state index in [2.05, 4.69) is 4.98 Å². The van der Waals surface area contributed by atoms with Gasteiger partial charge in [-0.25, -0.2) is 9.37 Å². The third-order valence-electron chi connectivity index (χ3n) is 3.43. The molecule has 0 atom stereocenters. The average Bonchev–Trinajstić information content (AvgIpc) is 3.08. The standard InChI is InChI=1S/C14H14FN3O/c1-8-4-11(15)10(14(16)19)5-13(8)18-6-12(17-7-18)9-2-3-9/h4-7,9H,2-3H2,1H3,(H2,16,19). The molecule has 0 aliphatic heterocycles. The van der Waals surface area contributed by atoms with E-state index in [0.29, 0.717) is 5.92 Å². The molecule has 2 aromatic rings. The summed E-state index contributed by atoms with van der Waals surface area (Å²) in [6.45, 7) is 1.79. The van der Waals surface area contributed by atoms with Gasteiger partial charge in [-0.15, -0.1) is 0 Å². The lowest BCUT2D eigenvalue weighted by Crippen LogP contribution is -2.14. The van der Waals surface area contributed by atoms with E-state index in [9.17, 15) is 9.18 Å². The monoisotopic (exact) mass is 259 g/mol. The van der Waals surface area contributed by atoms with Gasteiger partial charge >= 0.3 is 0 Å². The van der Waals surface area contributed by atoms with E-state index in [1.54, 1.807) is 13.3 Å². The molecule has 1 aliphatic rings. The minimum absolute atomic E-state index is 0.0951. The second-order valence-corrected chi connectivity index (χ2v) is 4.96. The molecule has 0 bridgehead atoms. The van der Waals surface area contributed by atoms with Gasteiger partial charge in [0.2, 0.25) is 0 Å². The topological polar surface area (TPSA) is 60.9 Å². The van der Waals surface area contributed by atoms with Crippen molar-refractivity contribution in [2.24, 2.45) is 5.73 Å². The Morgan fingerprint density at radius 1 is 1.47 bits per heavy atom. The number of imidazole rings is 1. The lowest BCUT2D eigenvalue weighted by molar-refractivity contribution is 0.0996. The minimum atomic E-state index is -0.763. The Labute approximate surface area is 110 Å². The molecule has 5 heteroatoms. The van der Waals surface area contributed by atoms with E-state index >= 15 is 0 Å². The first-order chi connectivity index (χ1) is 9.06. The average molecular weight is 259 g/mol. The summed E-state index contributed by atoms with van der Waals surface area (Å²) in [6.07, 6.45) is 5.97. The number of carbonyl (C=O) groups excluding carboxylic acids is 1. The highest BCUT2D eigenvalue weighted by atomic mass is 19.1. The zero-order chi connectivity index (χ0) is 13.6. The minimum Gasteiger partial charge on any atom is -0.366 e. The zero-order valence-corrected chi connectivity index (χ0v) is 10.6. The molecule has 0 spiro atoms. The van der Waals surface area contributed by atoms with E-state index in [1.165, 1.54) is 25.0 Å². The Bertz CT molecular complexity index is 659. The molecule has 4 nitrogen and oxygen atoms in total. The molecule has 98 valence electrons. The maximum Gasteiger partial charge on any atom is 0.251 e. The van der Waals surface area contributed by atoms with Gasteiger partial charge in [0.1, 0.15) is 5.82 Å². The third kappa shape index (κ3) is 2.12. The van der Waals surface area contributed by atoms with Crippen LogP contribution >= 0.6 is 0 Å². The number of halogens is 1. The van der Waals surface area contributed by atoms with Crippen molar-refractivity contribution in [3.8, 4) is 5.69 Å². The van der Waals surface area contributed by atoms with Gasteiger partial charge in [-0.2, -0.15) is 0 Å². The number of aryl methyl sites for hydroxylation is 1. The lowest BCUT2D eigenvalue weighted by Gasteiger charge is -2.09. The Morgan fingerprint density at radius 2 is 2.21 bits per heavy atom. The van der Waals surface area contributed by atoms with Crippen molar-refractivity contribution in [3.05, 3.63) is 47.3 Å². The first-order valence-corrected chi connectivity index (χ1v) is 6.20. The Morgan fingerprint density at radius 3 is 2.84 bits per heavy atom. The zero-order valence-electron chi connectivity index (χ0n) is 10.6. The molecule has 19 heavy (non-hydrogen) atoms. The van der Waals surface area contributed by atoms with Crippen LogP contribution in [0.15, 0.2) is 24.7 Å². The summed E-state index contributed by atoms with van der Waals surface area (Å²) in [5.74, 6) is -0.796. The number of primary amides is 1. The maximum absolute atomic E-state index is 13.6. The van der Waals surface area contributed by atoms with Gasteiger partial charge in [-0.1, -0.05) is 0 Å². The van der Waals surface area contributed by atoms with Crippen LogP contribution in [0, 0.1) is 12.7 Å². The largest absolute Gasteiger partial charge is 0.366 e. The molecule has 2 N–H and O–H groups in total. The summed E-state index contributed by atoms with van der Waals surface area (Å²) >= 11 is 0. The molecule has 1 heterocycles. The maximum atomic E-state index is 13.6. The molecule has 0 radical (unpaired) electrons. The number of nitrogens with two attached hydrogens (primary N) is 1. The van der Waals surface area contributed by atoms with E-state index in [4.69, 9.17) is 5.73 Å². The predicted octanol–water partition coefficient (Wildman–Crippen LogP) is 2.30. The van der Waals surface area contributed by atoms with Gasteiger partial charge in [0.25, 0.3) is 5.91 Å². The van der Waals surface area contributed by atoms with E-state index in [0.717, 1.165) is 16.9 Å². The van der Waals surface area contributed by atoms with Crippen molar-refractivity contribution < 1.29 is 9.18 Å². The summed E-state index contributed by atoms with van der Waals surface area (Å²) in [4.78, 5) is 15.5. The smallest absolute Gasteiger partial charge is 0.251 e. The normalized spacial score (nSPS) is 14.6. The van der Waals surface area contributed by atoms with E-state index in [-0.39, 0.29) is 5.56 Å². The van der Waals surface area contributed by atoms with Crippen LogP contribution in [0.4, 0.5) is 4.39 Å². The number of amides is 1. The molecule has 1 aromatic carbocycles.